The van der Waals surface area contributed by atoms with Crippen molar-refractivity contribution in [3.05, 3.63) is 29.3 Å². The molecule has 19 heavy (non-hydrogen) atoms. The normalized spacial score (nSPS) is 26.0. The van der Waals surface area contributed by atoms with Crippen LogP contribution in [0.25, 0.3) is 0 Å². The molecule has 3 heteroatoms. The van der Waals surface area contributed by atoms with Crippen LogP contribution in [0.4, 0.5) is 0 Å². The SMILES string of the molecule is CCCNC1CC(Oc2ccc(C)cc2C)C1OC. The quantitative estimate of drug-likeness (QED) is 0.856. The van der Waals surface area contributed by atoms with Crippen molar-refractivity contribution in [2.45, 2.75) is 51.9 Å². The number of aryl methyl sites for hydroxylation is 2. The van der Waals surface area contributed by atoms with Gasteiger partial charge in [0.2, 0.25) is 0 Å². The van der Waals surface area contributed by atoms with E-state index in [1.54, 1.807) is 7.11 Å². The van der Waals surface area contributed by atoms with Gasteiger partial charge in [-0.25, -0.2) is 0 Å². The molecule has 0 spiro atoms. The van der Waals surface area contributed by atoms with Gasteiger partial charge in [-0.05, 0) is 38.4 Å². The summed E-state index contributed by atoms with van der Waals surface area (Å²) in [5, 5.41) is 3.50. The van der Waals surface area contributed by atoms with Crippen LogP contribution in [0.15, 0.2) is 18.2 Å². The molecule has 0 saturated heterocycles. The molecule has 1 aliphatic rings. The van der Waals surface area contributed by atoms with Gasteiger partial charge in [-0.3, -0.25) is 0 Å². The van der Waals surface area contributed by atoms with Gasteiger partial charge in [0.25, 0.3) is 0 Å². The Morgan fingerprint density at radius 3 is 2.74 bits per heavy atom. The van der Waals surface area contributed by atoms with Gasteiger partial charge >= 0.3 is 0 Å². The van der Waals surface area contributed by atoms with E-state index in [1.165, 1.54) is 11.1 Å². The Kier molecular flexibility index (Phi) is 4.83. The van der Waals surface area contributed by atoms with E-state index >= 15 is 0 Å². The summed E-state index contributed by atoms with van der Waals surface area (Å²) < 4.78 is 11.6. The first kappa shape index (κ1) is 14.4. The van der Waals surface area contributed by atoms with Crippen LogP contribution in [-0.4, -0.2) is 31.9 Å². The Hall–Kier alpha value is -1.06. The highest BCUT2D eigenvalue weighted by Crippen LogP contribution is 2.30. The summed E-state index contributed by atoms with van der Waals surface area (Å²) in [7, 11) is 1.77. The van der Waals surface area contributed by atoms with Crippen molar-refractivity contribution in [2.24, 2.45) is 0 Å². The van der Waals surface area contributed by atoms with Gasteiger partial charge < -0.3 is 14.8 Å². The summed E-state index contributed by atoms with van der Waals surface area (Å²) in [5.74, 6) is 0.978. The van der Waals surface area contributed by atoms with Crippen molar-refractivity contribution in [3.63, 3.8) is 0 Å². The molecule has 3 unspecified atom stereocenters. The highest BCUT2D eigenvalue weighted by molar-refractivity contribution is 5.36. The molecule has 1 saturated carbocycles. The molecule has 3 atom stereocenters. The molecular formula is C16H25NO2. The third kappa shape index (κ3) is 3.28. The lowest BCUT2D eigenvalue weighted by Gasteiger charge is -2.43. The van der Waals surface area contributed by atoms with Gasteiger partial charge in [0.15, 0.2) is 0 Å². The smallest absolute Gasteiger partial charge is 0.128 e. The van der Waals surface area contributed by atoms with E-state index in [1.807, 2.05) is 0 Å². The lowest BCUT2D eigenvalue weighted by molar-refractivity contribution is -0.0889. The summed E-state index contributed by atoms with van der Waals surface area (Å²) in [5.41, 5.74) is 2.46. The average molecular weight is 263 g/mol. The van der Waals surface area contributed by atoms with Gasteiger partial charge in [0.1, 0.15) is 18.0 Å². The fraction of sp³-hybridized carbons (Fsp3) is 0.625. The topological polar surface area (TPSA) is 30.5 Å². The molecule has 0 aliphatic heterocycles. The summed E-state index contributed by atoms with van der Waals surface area (Å²) in [4.78, 5) is 0. The fourth-order valence-corrected chi connectivity index (χ4v) is 2.64. The number of nitrogens with one attached hydrogen (secondary N) is 1. The molecule has 0 amide bonds. The molecular weight excluding hydrogens is 238 g/mol. The zero-order valence-electron chi connectivity index (χ0n) is 12.4. The third-order valence-electron chi connectivity index (χ3n) is 3.79. The van der Waals surface area contributed by atoms with E-state index in [2.05, 4.69) is 44.3 Å². The van der Waals surface area contributed by atoms with Crippen molar-refractivity contribution in [3.8, 4) is 5.75 Å². The van der Waals surface area contributed by atoms with E-state index in [-0.39, 0.29) is 12.2 Å². The maximum Gasteiger partial charge on any atom is 0.128 e. The standard InChI is InChI=1S/C16H25NO2/c1-5-8-17-13-10-15(16(13)18-4)19-14-7-6-11(2)9-12(14)3/h6-7,9,13,15-17H,5,8,10H2,1-4H3. The molecule has 106 valence electrons. The zero-order valence-corrected chi connectivity index (χ0v) is 12.4. The second kappa shape index (κ2) is 6.40. The molecule has 2 rings (SSSR count). The Morgan fingerprint density at radius 2 is 2.11 bits per heavy atom. The lowest BCUT2D eigenvalue weighted by Crippen LogP contribution is -2.61. The first-order chi connectivity index (χ1) is 9.15. The van der Waals surface area contributed by atoms with Crippen molar-refractivity contribution in [2.75, 3.05) is 13.7 Å². The molecule has 1 aromatic rings. The van der Waals surface area contributed by atoms with Crippen LogP contribution in [0.2, 0.25) is 0 Å². The van der Waals surface area contributed by atoms with Gasteiger partial charge in [-0.1, -0.05) is 24.6 Å². The molecule has 1 fully saturated rings. The maximum absolute atomic E-state index is 6.08. The summed E-state index contributed by atoms with van der Waals surface area (Å²) in [6.07, 6.45) is 2.49. The van der Waals surface area contributed by atoms with Crippen LogP contribution in [0, 0.1) is 13.8 Å². The molecule has 0 heterocycles. The molecule has 3 nitrogen and oxygen atoms in total. The Balaban J connectivity index is 1.93. The number of methoxy groups -OCH3 is 1. The summed E-state index contributed by atoms with van der Waals surface area (Å²) >= 11 is 0. The Bertz CT molecular complexity index is 419. The van der Waals surface area contributed by atoms with E-state index < -0.39 is 0 Å². The van der Waals surface area contributed by atoms with Crippen LogP contribution in [-0.2, 0) is 4.74 Å². The molecule has 0 aromatic heterocycles. The number of benzene rings is 1. The van der Waals surface area contributed by atoms with E-state index in [9.17, 15) is 0 Å². The zero-order chi connectivity index (χ0) is 13.8. The third-order valence-corrected chi connectivity index (χ3v) is 3.79. The van der Waals surface area contributed by atoms with Crippen molar-refractivity contribution < 1.29 is 9.47 Å². The molecule has 1 aromatic carbocycles. The predicted molar refractivity (Wildman–Crippen MR) is 77.8 cm³/mol. The van der Waals surface area contributed by atoms with Gasteiger partial charge in [-0.15, -0.1) is 0 Å². The van der Waals surface area contributed by atoms with Crippen molar-refractivity contribution >= 4 is 0 Å². The number of rotatable bonds is 6. The number of hydrogen-bond donors (Lipinski definition) is 1. The van der Waals surface area contributed by atoms with E-state index in [4.69, 9.17) is 9.47 Å². The maximum atomic E-state index is 6.08. The molecule has 1 aliphatic carbocycles. The minimum Gasteiger partial charge on any atom is -0.487 e. The lowest BCUT2D eigenvalue weighted by atomic mass is 9.85. The highest BCUT2D eigenvalue weighted by Gasteiger charge is 2.42. The van der Waals surface area contributed by atoms with Gasteiger partial charge in [0, 0.05) is 19.6 Å². The molecule has 0 radical (unpaired) electrons. The Morgan fingerprint density at radius 1 is 1.32 bits per heavy atom. The van der Waals surface area contributed by atoms with Crippen LogP contribution in [0.3, 0.4) is 0 Å². The second-order valence-electron chi connectivity index (χ2n) is 5.42. The largest absolute Gasteiger partial charge is 0.487 e. The van der Waals surface area contributed by atoms with Gasteiger partial charge in [0.05, 0.1) is 0 Å². The van der Waals surface area contributed by atoms with Gasteiger partial charge in [-0.2, -0.15) is 0 Å². The van der Waals surface area contributed by atoms with Crippen LogP contribution in [0.5, 0.6) is 5.75 Å². The second-order valence-corrected chi connectivity index (χ2v) is 5.42. The first-order valence-electron chi connectivity index (χ1n) is 7.15. The first-order valence-corrected chi connectivity index (χ1v) is 7.15. The Labute approximate surface area is 116 Å². The summed E-state index contributed by atoms with van der Waals surface area (Å²) in [6, 6.07) is 6.74. The summed E-state index contributed by atoms with van der Waals surface area (Å²) in [6.45, 7) is 7.41. The van der Waals surface area contributed by atoms with Crippen molar-refractivity contribution in [1.82, 2.24) is 5.32 Å². The van der Waals surface area contributed by atoms with Crippen molar-refractivity contribution in [1.29, 1.82) is 0 Å². The highest BCUT2D eigenvalue weighted by atomic mass is 16.5. The van der Waals surface area contributed by atoms with E-state index in [0.29, 0.717) is 6.04 Å². The minimum absolute atomic E-state index is 0.159. The molecule has 1 N–H and O–H groups in total. The fourth-order valence-electron chi connectivity index (χ4n) is 2.64. The average Bonchev–Trinajstić information content (AvgIpc) is 2.35. The van der Waals surface area contributed by atoms with Crippen LogP contribution < -0.4 is 10.1 Å². The minimum atomic E-state index is 0.159. The van der Waals surface area contributed by atoms with E-state index in [0.717, 1.165) is 25.1 Å². The van der Waals surface area contributed by atoms with Crippen LogP contribution >= 0.6 is 0 Å². The molecule has 0 bridgehead atoms. The number of ether oxygens (including phenoxy) is 2. The monoisotopic (exact) mass is 263 g/mol. The predicted octanol–water partition coefficient (Wildman–Crippen LogP) is 2.84. The number of hydrogen-bond acceptors (Lipinski definition) is 3. The van der Waals surface area contributed by atoms with Crippen LogP contribution in [0.1, 0.15) is 30.9 Å².